The van der Waals surface area contributed by atoms with Crippen molar-refractivity contribution in [1.29, 1.82) is 0 Å². The number of ether oxygens (including phenoxy) is 1. The Kier molecular flexibility index (Phi) is 4.87. The van der Waals surface area contributed by atoms with Crippen molar-refractivity contribution in [3.05, 3.63) is 24.4 Å². The largest absolute Gasteiger partial charge is 0.444 e. The van der Waals surface area contributed by atoms with E-state index >= 15 is 0 Å². The van der Waals surface area contributed by atoms with Crippen molar-refractivity contribution >= 4 is 32.5 Å². The predicted octanol–water partition coefficient (Wildman–Crippen LogP) is 3.16. The number of carbonyl (C=O) groups is 1. The van der Waals surface area contributed by atoms with Crippen LogP contribution in [0.4, 0.5) is 10.5 Å². The smallest absolute Gasteiger partial charge is 0.412 e. The zero-order chi connectivity index (χ0) is 19.0. The molecule has 1 amide bonds. The van der Waals surface area contributed by atoms with E-state index in [1.807, 2.05) is 19.9 Å². The summed E-state index contributed by atoms with van der Waals surface area (Å²) in [4.78, 5) is 12.0. The molecule has 1 heterocycles. The molecule has 0 bridgehead atoms. The fraction of sp³-hybridized carbons (Fsp3) is 0.529. The van der Waals surface area contributed by atoms with E-state index in [0.29, 0.717) is 5.69 Å². The molecule has 0 unspecified atom stereocenters. The van der Waals surface area contributed by atoms with Crippen LogP contribution in [0.3, 0.4) is 0 Å². The molecule has 2 rings (SSSR count). The Hall–Kier alpha value is -2.09. The summed E-state index contributed by atoms with van der Waals surface area (Å²) in [5.41, 5.74) is -0.0187. The fourth-order valence-corrected chi connectivity index (χ4v) is 4.16. The van der Waals surface area contributed by atoms with Crippen LogP contribution < -0.4 is 5.32 Å². The van der Waals surface area contributed by atoms with Crippen LogP contribution in [0.1, 0.15) is 34.6 Å². The van der Waals surface area contributed by atoms with E-state index in [2.05, 4.69) is 10.4 Å². The number of nitrogens with one attached hydrogen (secondary N) is 1. The van der Waals surface area contributed by atoms with Crippen molar-refractivity contribution in [2.24, 2.45) is 0 Å². The highest BCUT2D eigenvalue weighted by Gasteiger charge is 2.28. The standard InChI is InChI=1S/C17H25N3O4S/c1-16(2,3)24-15(21)19-13-8-7-9-14-12(13)10-18-20(14)17(4,5)11-25(6,22)23/h7-10H,11H2,1-6H3,(H,19,21). The molecule has 0 spiro atoms. The van der Waals surface area contributed by atoms with Gasteiger partial charge in [-0.15, -0.1) is 0 Å². The number of anilines is 1. The number of benzene rings is 1. The third-order valence-corrected chi connectivity index (χ3v) is 4.67. The van der Waals surface area contributed by atoms with Gasteiger partial charge in [0.15, 0.2) is 0 Å². The van der Waals surface area contributed by atoms with E-state index in [-0.39, 0.29) is 5.75 Å². The monoisotopic (exact) mass is 367 g/mol. The zero-order valence-electron chi connectivity index (χ0n) is 15.5. The second-order valence-electron chi connectivity index (χ2n) is 7.80. The van der Waals surface area contributed by atoms with E-state index in [0.717, 1.165) is 10.9 Å². The minimum atomic E-state index is -3.18. The molecule has 0 fully saturated rings. The van der Waals surface area contributed by atoms with Crippen LogP contribution in [0.15, 0.2) is 24.4 Å². The zero-order valence-corrected chi connectivity index (χ0v) is 16.3. The highest BCUT2D eigenvalue weighted by atomic mass is 32.2. The Morgan fingerprint density at radius 1 is 1.24 bits per heavy atom. The third kappa shape index (κ3) is 4.94. The van der Waals surface area contributed by atoms with Gasteiger partial charge < -0.3 is 4.74 Å². The van der Waals surface area contributed by atoms with Crippen LogP contribution in [0.2, 0.25) is 0 Å². The van der Waals surface area contributed by atoms with E-state index < -0.39 is 27.1 Å². The van der Waals surface area contributed by atoms with Gasteiger partial charge in [0.25, 0.3) is 0 Å². The quantitative estimate of drug-likeness (QED) is 0.896. The molecule has 0 radical (unpaired) electrons. The molecule has 8 heteroatoms. The lowest BCUT2D eigenvalue weighted by Gasteiger charge is -2.25. The van der Waals surface area contributed by atoms with Crippen LogP contribution in [-0.4, -0.2) is 41.9 Å². The number of hydrogen-bond acceptors (Lipinski definition) is 5. The first-order valence-corrected chi connectivity index (χ1v) is 9.99. The molecule has 1 N–H and O–H groups in total. The number of rotatable bonds is 4. The molecule has 1 aromatic heterocycles. The Morgan fingerprint density at radius 2 is 1.88 bits per heavy atom. The highest BCUT2D eigenvalue weighted by molar-refractivity contribution is 7.90. The number of carbonyl (C=O) groups excluding carboxylic acids is 1. The lowest BCUT2D eigenvalue weighted by Crippen LogP contribution is -2.35. The van der Waals surface area contributed by atoms with Gasteiger partial charge in [-0.2, -0.15) is 5.10 Å². The van der Waals surface area contributed by atoms with Gasteiger partial charge in [0, 0.05) is 11.6 Å². The van der Waals surface area contributed by atoms with Gasteiger partial charge in [0.2, 0.25) is 0 Å². The first-order valence-electron chi connectivity index (χ1n) is 7.93. The molecule has 25 heavy (non-hydrogen) atoms. The van der Waals surface area contributed by atoms with Crippen molar-refractivity contribution < 1.29 is 17.9 Å². The summed E-state index contributed by atoms with van der Waals surface area (Å²) >= 11 is 0. The molecule has 138 valence electrons. The molecule has 0 aliphatic rings. The van der Waals surface area contributed by atoms with Gasteiger partial charge in [-0.25, -0.2) is 13.2 Å². The van der Waals surface area contributed by atoms with Gasteiger partial charge in [-0.3, -0.25) is 10.00 Å². The Labute approximate surface area is 148 Å². The lowest BCUT2D eigenvalue weighted by molar-refractivity contribution is 0.0636. The molecule has 2 aromatic rings. The summed E-state index contributed by atoms with van der Waals surface area (Å²) in [6.45, 7) is 9.00. The van der Waals surface area contributed by atoms with Crippen molar-refractivity contribution in [3.63, 3.8) is 0 Å². The lowest BCUT2D eigenvalue weighted by atomic mass is 10.1. The first-order chi connectivity index (χ1) is 11.3. The van der Waals surface area contributed by atoms with E-state index in [1.165, 1.54) is 6.26 Å². The molecule has 1 aromatic carbocycles. The summed E-state index contributed by atoms with van der Waals surface area (Å²) in [6, 6.07) is 5.37. The van der Waals surface area contributed by atoms with Gasteiger partial charge in [0.1, 0.15) is 15.4 Å². The molecule has 0 atom stereocenters. The van der Waals surface area contributed by atoms with Gasteiger partial charge in [-0.05, 0) is 46.8 Å². The van der Waals surface area contributed by atoms with Crippen molar-refractivity contribution in [1.82, 2.24) is 9.78 Å². The first kappa shape index (κ1) is 19.2. The van der Waals surface area contributed by atoms with Crippen LogP contribution in [0.25, 0.3) is 10.9 Å². The maximum Gasteiger partial charge on any atom is 0.412 e. The highest BCUT2D eigenvalue weighted by Crippen LogP contribution is 2.28. The maximum absolute atomic E-state index is 12.0. The predicted molar refractivity (Wildman–Crippen MR) is 98.6 cm³/mol. The van der Waals surface area contributed by atoms with Gasteiger partial charge >= 0.3 is 6.09 Å². The van der Waals surface area contributed by atoms with Gasteiger partial charge in [0.05, 0.1) is 28.7 Å². The summed E-state index contributed by atoms with van der Waals surface area (Å²) in [5, 5.41) is 7.79. The van der Waals surface area contributed by atoms with Crippen molar-refractivity contribution in [2.75, 3.05) is 17.3 Å². The molecule has 0 aliphatic carbocycles. The summed E-state index contributed by atoms with van der Waals surface area (Å²) in [7, 11) is -3.18. The van der Waals surface area contributed by atoms with E-state index in [1.54, 1.807) is 43.8 Å². The topological polar surface area (TPSA) is 90.3 Å². The molecule has 0 saturated carbocycles. The van der Waals surface area contributed by atoms with Crippen molar-refractivity contribution in [2.45, 2.75) is 45.8 Å². The Balaban J connectivity index is 2.39. The minimum Gasteiger partial charge on any atom is -0.444 e. The maximum atomic E-state index is 12.0. The average Bonchev–Trinajstić information content (AvgIpc) is 2.78. The number of nitrogens with zero attached hydrogens (tertiary/aromatic N) is 2. The summed E-state index contributed by atoms with van der Waals surface area (Å²) in [5.74, 6) is -0.0412. The minimum absolute atomic E-state index is 0.0412. The molecular formula is C17H25N3O4S. The second-order valence-corrected chi connectivity index (χ2v) is 9.94. The van der Waals surface area contributed by atoms with Crippen LogP contribution in [-0.2, 0) is 20.1 Å². The number of amides is 1. The molecular weight excluding hydrogens is 342 g/mol. The molecule has 0 aliphatic heterocycles. The Morgan fingerprint density at radius 3 is 2.44 bits per heavy atom. The number of sulfone groups is 1. The summed E-state index contributed by atoms with van der Waals surface area (Å²) < 4.78 is 30.4. The third-order valence-electron chi connectivity index (χ3n) is 3.44. The van der Waals surface area contributed by atoms with E-state index in [4.69, 9.17) is 4.74 Å². The van der Waals surface area contributed by atoms with E-state index in [9.17, 15) is 13.2 Å². The number of fused-ring (bicyclic) bond motifs is 1. The fourth-order valence-electron chi connectivity index (χ4n) is 2.76. The van der Waals surface area contributed by atoms with Crippen LogP contribution in [0.5, 0.6) is 0 Å². The molecule has 7 nitrogen and oxygen atoms in total. The van der Waals surface area contributed by atoms with Crippen LogP contribution >= 0.6 is 0 Å². The van der Waals surface area contributed by atoms with Gasteiger partial charge in [-0.1, -0.05) is 6.07 Å². The normalized spacial score (nSPS) is 13.0. The second kappa shape index (κ2) is 6.33. The summed E-state index contributed by atoms with van der Waals surface area (Å²) in [6.07, 6.45) is 2.27. The number of hydrogen-bond donors (Lipinski definition) is 1. The Bertz CT molecular complexity index is 892. The molecule has 0 saturated heterocycles. The van der Waals surface area contributed by atoms with Crippen LogP contribution in [0, 0.1) is 0 Å². The van der Waals surface area contributed by atoms with Crippen molar-refractivity contribution in [3.8, 4) is 0 Å². The SMILES string of the molecule is CC(C)(C)OC(=O)Nc1cccc2c1cnn2C(C)(C)CS(C)(=O)=O. The number of aromatic nitrogens is 2. The average molecular weight is 367 g/mol.